The van der Waals surface area contributed by atoms with Crippen LogP contribution in [-0.2, 0) is 14.3 Å². The predicted octanol–water partition coefficient (Wildman–Crippen LogP) is 1.48. The summed E-state index contributed by atoms with van der Waals surface area (Å²) in [5.74, 6) is -0.00766. The molecule has 0 aromatic carbocycles. The van der Waals surface area contributed by atoms with Gasteiger partial charge in [-0.3, -0.25) is 4.79 Å². The number of rotatable bonds is 0. The molecule has 2 saturated heterocycles. The van der Waals surface area contributed by atoms with E-state index in [0.29, 0.717) is 0 Å². The van der Waals surface area contributed by atoms with Crippen LogP contribution in [0.25, 0.3) is 0 Å². The van der Waals surface area contributed by atoms with Crippen molar-refractivity contribution in [3.05, 3.63) is 0 Å². The Bertz CT molecular complexity index is 304. The lowest BCUT2D eigenvalue weighted by Gasteiger charge is -2.34. The van der Waals surface area contributed by atoms with Gasteiger partial charge in [-0.05, 0) is 0 Å². The van der Waals surface area contributed by atoms with Crippen LogP contribution in [0.1, 0.15) is 6.92 Å². The summed E-state index contributed by atoms with van der Waals surface area (Å²) in [6, 6.07) is 0. The molecule has 78 valence electrons. The lowest BCUT2D eigenvalue weighted by Crippen LogP contribution is -2.49. The minimum Gasteiger partial charge on any atom is -0.360 e. The Morgan fingerprint density at radius 1 is 1.21 bits per heavy atom. The molecule has 4 atom stereocenters. The van der Waals surface area contributed by atoms with Gasteiger partial charge in [0.15, 0.2) is 5.78 Å². The van der Waals surface area contributed by atoms with Gasteiger partial charge in [-0.1, -0.05) is 41.7 Å². The van der Waals surface area contributed by atoms with Crippen molar-refractivity contribution in [3.63, 3.8) is 0 Å². The topological polar surface area (TPSA) is 42.1 Å². The first kappa shape index (κ1) is 9.67. The molecule has 0 radical (unpaired) electrons. The van der Waals surface area contributed by atoms with Crippen LogP contribution in [0, 0.1) is 5.41 Å². The van der Waals surface area contributed by atoms with Crippen molar-refractivity contribution >= 4 is 40.6 Å². The van der Waals surface area contributed by atoms with Gasteiger partial charge in [-0.25, -0.2) is 0 Å². The maximum absolute atomic E-state index is 11.4. The molecule has 14 heavy (non-hydrogen) atoms. The summed E-state index contributed by atoms with van der Waals surface area (Å²) in [7, 11) is 0. The summed E-state index contributed by atoms with van der Waals surface area (Å²) >= 11 is 17.7. The van der Waals surface area contributed by atoms with Crippen LogP contribution in [0.5, 0.6) is 0 Å². The first-order valence-corrected chi connectivity index (χ1v) is 5.42. The van der Waals surface area contributed by atoms with E-state index in [0.717, 1.165) is 0 Å². The molecule has 0 aromatic rings. The number of ether oxygens (including phenoxy) is 2. The highest BCUT2D eigenvalue weighted by atomic mass is 35.6. The molecule has 0 amide bonds. The molecule has 2 heterocycles. The van der Waals surface area contributed by atoms with Crippen LogP contribution in [0.15, 0.2) is 0 Å². The van der Waals surface area contributed by atoms with E-state index in [4.69, 9.17) is 44.3 Å². The summed E-state index contributed by atoms with van der Waals surface area (Å²) < 4.78 is 9.03. The maximum Gasteiger partial charge on any atom is 0.201 e. The number of halogens is 3. The van der Waals surface area contributed by atoms with Crippen molar-refractivity contribution in [3.8, 4) is 0 Å². The molecule has 1 saturated carbocycles. The van der Waals surface area contributed by atoms with E-state index < -0.39 is 21.4 Å². The number of fused-ring (bicyclic) bond motifs is 2. The fourth-order valence-corrected chi connectivity index (χ4v) is 2.86. The van der Waals surface area contributed by atoms with Crippen molar-refractivity contribution < 1.29 is 14.3 Å². The zero-order valence-electron chi connectivity index (χ0n) is 7.17. The van der Waals surface area contributed by atoms with Gasteiger partial charge in [-0.2, -0.15) is 0 Å². The number of carbonyl (C=O) groups excluding carboxylic acids is 1. The fraction of sp³-hybridized carbons (Fsp3) is 0.875. The van der Waals surface area contributed by atoms with Crippen LogP contribution in [-0.4, -0.2) is 34.0 Å². The number of epoxide rings is 2. The second kappa shape index (κ2) is 2.41. The third-order valence-corrected chi connectivity index (χ3v) is 4.56. The molecular weight excluding hydrogens is 250 g/mol. The van der Waals surface area contributed by atoms with Gasteiger partial charge in [0.1, 0.15) is 24.4 Å². The Labute approximate surface area is 95.6 Å². The number of carbonyl (C=O) groups is 1. The predicted molar refractivity (Wildman–Crippen MR) is 50.7 cm³/mol. The Morgan fingerprint density at radius 3 is 2.00 bits per heavy atom. The minimum absolute atomic E-state index is 0.00766. The lowest BCUT2D eigenvalue weighted by atomic mass is 9.76. The third kappa shape index (κ3) is 0.952. The Morgan fingerprint density at radius 2 is 1.64 bits per heavy atom. The van der Waals surface area contributed by atoms with Gasteiger partial charge < -0.3 is 9.47 Å². The van der Waals surface area contributed by atoms with E-state index in [1.165, 1.54) is 0 Å². The molecular formula is C8H7Cl3O3. The van der Waals surface area contributed by atoms with Crippen molar-refractivity contribution in [2.45, 2.75) is 35.1 Å². The van der Waals surface area contributed by atoms with Gasteiger partial charge in [-0.15, -0.1) is 0 Å². The van der Waals surface area contributed by atoms with Gasteiger partial charge in [0.2, 0.25) is 3.79 Å². The molecule has 2 aliphatic heterocycles. The first-order chi connectivity index (χ1) is 6.37. The molecule has 0 bridgehead atoms. The Hall–Kier alpha value is 0.460. The first-order valence-electron chi connectivity index (χ1n) is 4.29. The van der Waals surface area contributed by atoms with Crippen LogP contribution in [0.3, 0.4) is 0 Å². The highest BCUT2D eigenvalue weighted by Gasteiger charge is 2.78. The van der Waals surface area contributed by atoms with Gasteiger partial charge in [0.05, 0.1) is 5.41 Å². The largest absolute Gasteiger partial charge is 0.360 e. The highest BCUT2D eigenvalue weighted by Crippen LogP contribution is 2.64. The highest BCUT2D eigenvalue weighted by molar-refractivity contribution is 6.68. The number of Topliss-reactive ketones (excluding diaryl/α,β-unsaturated/α-hetero) is 1. The Balaban J connectivity index is 1.99. The van der Waals surface area contributed by atoms with E-state index in [-0.39, 0.29) is 18.0 Å². The lowest BCUT2D eigenvalue weighted by molar-refractivity contribution is -0.121. The zero-order valence-corrected chi connectivity index (χ0v) is 9.44. The fourth-order valence-electron chi connectivity index (χ4n) is 2.22. The molecule has 3 fully saturated rings. The summed E-state index contributed by atoms with van der Waals surface area (Å²) in [6.07, 6.45) is -1.43. The van der Waals surface area contributed by atoms with E-state index in [9.17, 15) is 4.79 Å². The van der Waals surface area contributed by atoms with Crippen LogP contribution in [0.2, 0.25) is 0 Å². The summed E-state index contributed by atoms with van der Waals surface area (Å²) in [5.41, 5.74) is -0.707. The molecule has 0 N–H and O–H groups in total. The van der Waals surface area contributed by atoms with E-state index >= 15 is 0 Å². The molecule has 0 aromatic heterocycles. The minimum atomic E-state index is -1.47. The van der Waals surface area contributed by atoms with E-state index in [2.05, 4.69) is 0 Å². The second-order valence-electron chi connectivity index (χ2n) is 4.14. The van der Waals surface area contributed by atoms with Crippen molar-refractivity contribution in [2.24, 2.45) is 5.41 Å². The summed E-state index contributed by atoms with van der Waals surface area (Å²) in [5, 5.41) is 0. The molecule has 3 aliphatic rings. The standard InChI is InChI=1S/C8H7Cl3O3/c1-7(8(9,10)11)5-3(13-5)2(12)4-6(7)14-4/h3-6H,1H3/t3-,4-,5-,6-/m1/s1. The molecule has 0 unspecified atom stereocenters. The average Bonchev–Trinajstić information content (AvgIpc) is 2.90. The number of hydrogen-bond acceptors (Lipinski definition) is 3. The quantitative estimate of drug-likeness (QED) is 0.488. The van der Waals surface area contributed by atoms with E-state index in [1.54, 1.807) is 6.92 Å². The van der Waals surface area contributed by atoms with Gasteiger partial charge in [0.25, 0.3) is 0 Å². The van der Waals surface area contributed by atoms with E-state index in [1.807, 2.05) is 0 Å². The van der Waals surface area contributed by atoms with Crippen molar-refractivity contribution in [2.75, 3.05) is 0 Å². The van der Waals surface area contributed by atoms with Gasteiger partial charge in [0, 0.05) is 0 Å². The van der Waals surface area contributed by atoms with Crippen LogP contribution in [0.4, 0.5) is 0 Å². The maximum atomic E-state index is 11.4. The van der Waals surface area contributed by atoms with Crippen LogP contribution >= 0.6 is 34.8 Å². The van der Waals surface area contributed by atoms with Gasteiger partial charge >= 0.3 is 0 Å². The smallest absolute Gasteiger partial charge is 0.201 e. The second-order valence-corrected chi connectivity index (χ2v) is 6.42. The molecule has 3 rings (SSSR count). The SMILES string of the molecule is CC1(C(Cl)(Cl)Cl)[C@@H]2O[C@@H]2C(=O)[C@H]2O[C@H]21. The molecule has 0 spiro atoms. The normalized spacial score (nSPS) is 55.0. The molecule has 6 heteroatoms. The summed E-state index contributed by atoms with van der Waals surface area (Å²) in [4.78, 5) is 11.4. The molecule has 3 nitrogen and oxygen atoms in total. The number of alkyl halides is 3. The number of ketones is 1. The zero-order chi connectivity index (χ0) is 10.3. The van der Waals surface area contributed by atoms with Crippen molar-refractivity contribution in [1.29, 1.82) is 0 Å². The molecule has 1 aliphatic carbocycles. The average molecular weight is 258 g/mol. The third-order valence-electron chi connectivity index (χ3n) is 3.34. The number of hydrogen-bond donors (Lipinski definition) is 0. The van der Waals surface area contributed by atoms with Crippen molar-refractivity contribution in [1.82, 2.24) is 0 Å². The monoisotopic (exact) mass is 256 g/mol. The Kier molecular flexibility index (Phi) is 1.66. The summed E-state index contributed by atoms with van der Waals surface area (Å²) in [6.45, 7) is 1.79. The van der Waals surface area contributed by atoms with Crippen LogP contribution < -0.4 is 0 Å².